The molecule has 202 valence electrons. The normalized spacial score (nSPS) is 13.7. The number of benzene rings is 1. The maximum Gasteiger partial charge on any atom is 0.408 e. The van der Waals surface area contributed by atoms with Crippen molar-refractivity contribution < 1.29 is 33.8 Å². The van der Waals surface area contributed by atoms with Gasteiger partial charge in [-0.3, -0.25) is 14.4 Å². The number of carbonyl (C=O) groups excluding carboxylic acids is 4. The van der Waals surface area contributed by atoms with E-state index in [1.807, 2.05) is 19.9 Å². The lowest BCUT2D eigenvalue weighted by atomic mass is 9.98. The van der Waals surface area contributed by atoms with Gasteiger partial charge in [-0.2, -0.15) is 0 Å². The number of amides is 3. The van der Waals surface area contributed by atoms with E-state index in [1.54, 1.807) is 52.8 Å². The van der Waals surface area contributed by atoms with Gasteiger partial charge in [-0.1, -0.05) is 36.8 Å². The summed E-state index contributed by atoms with van der Waals surface area (Å²) in [5, 5.41) is 15.1. The van der Waals surface area contributed by atoms with E-state index < -0.39 is 54.2 Å². The molecule has 3 atom stereocenters. The topological polar surface area (TPSA) is 134 Å². The zero-order chi connectivity index (χ0) is 27.5. The molecule has 0 aliphatic rings. The van der Waals surface area contributed by atoms with Gasteiger partial charge in [-0.05, 0) is 53.5 Å². The lowest BCUT2D eigenvalue weighted by Gasteiger charge is -2.38. The Balaban J connectivity index is 3.33. The maximum atomic E-state index is 13.7. The van der Waals surface area contributed by atoms with E-state index in [0.29, 0.717) is 12.0 Å². The summed E-state index contributed by atoms with van der Waals surface area (Å²) in [6.07, 6.45) is -0.365. The molecule has 0 aliphatic carbocycles. The number of aryl methyl sites for hydroxylation is 1. The van der Waals surface area contributed by atoms with Crippen molar-refractivity contribution in [3.63, 3.8) is 0 Å². The lowest BCUT2D eigenvalue weighted by Crippen LogP contribution is -2.56. The first-order chi connectivity index (χ1) is 16.8. The summed E-state index contributed by atoms with van der Waals surface area (Å²) in [5.74, 6) is -1.57. The van der Waals surface area contributed by atoms with Crippen molar-refractivity contribution in [1.82, 2.24) is 15.5 Å². The number of aliphatic hydroxyl groups is 1. The summed E-state index contributed by atoms with van der Waals surface area (Å²) in [4.78, 5) is 52.6. The van der Waals surface area contributed by atoms with Gasteiger partial charge < -0.3 is 30.1 Å². The van der Waals surface area contributed by atoms with Crippen LogP contribution < -0.4 is 10.6 Å². The van der Waals surface area contributed by atoms with Gasteiger partial charge in [0, 0.05) is 12.6 Å². The fraction of sp³-hybridized carbons (Fsp3) is 0.615. The van der Waals surface area contributed by atoms with Gasteiger partial charge in [-0.25, -0.2) is 4.79 Å². The molecule has 0 aromatic heterocycles. The van der Waals surface area contributed by atoms with Crippen molar-refractivity contribution in [2.75, 3.05) is 19.8 Å². The molecule has 1 aromatic carbocycles. The number of carbonyl (C=O) groups is 4. The molecule has 10 nitrogen and oxygen atoms in total. The third-order valence-corrected chi connectivity index (χ3v) is 5.31. The molecule has 3 unspecified atom stereocenters. The molecule has 0 spiro atoms. The Morgan fingerprint density at radius 3 is 2.33 bits per heavy atom. The fourth-order valence-corrected chi connectivity index (χ4v) is 3.51. The molecule has 0 saturated heterocycles. The predicted octanol–water partition coefficient (Wildman–Crippen LogP) is 2.62. The number of nitrogens with zero attached hydrogens (tertiary/aromatic N) is 1. The number of hydrogen-bond acceptors (Lipinski definition) is 7. The predicted molar refractivity (Wildman–Crippen MR) is 135 cm³/mol. The van der Waals surface area contributed by atoms with Crippen molar-refractivity contribution in [3.05, 3.63) is 35.4 Å². The number of ether oxygens (including phenoxy) is 2. The van der Waals surface area contributed by atoms with Gasteiger partial charge in [0.15, 0.2) is 0 Å². The maximum absolute atomic E-state index is 13.7. The van der Waals surface area contributed by atoms with Crippen LogP contribution in [0.15, 0.2) is 24.3 Å². The quantitative estimate of drug-likeness (QED) is 0.370. The van der Waals surface area contributed by atoms with Gasteiger partial charge in [0.05, 0.1) is 19.6 Å². The zero-order valence-electron chi connectivity index (χ0n) is 22.4. The van der Waals surface area contributed by atoms with E-state index in [4.69, 9.17) is 9.47 Å². The Morgan fingerprint density at radius 2 is 1.81 bits per heavy atom. The van der Waals surface area contributed by atoms with Gasteiger partial charge >= 0.3 is 12.1 Å². The van der Waals surface area contributed by atoms with Crippen LogP contribution in [0.2, 0.25) is 0 Å². The third-order valence-electron chi connectivity index (χ3n) is 5.31. The highest BCUT2D eigenvalue weighted by atomic mass is 16.6. The van der Waals surface area contributed by atoms with Gasteiger partial charge in [-0.15, -0.1) is 0 Å². The van der Waals surface area contributed by atoms with Crippen LogP contribution in [0.25, 0.3) is 0 Å². The van der Waals surface area contributed by atoms with Crippen LogP contribution in [0.5, 0.6) is 0 Å². The highest BCUT2D eigenvalue weighted by Gasteiger charge is 2.38. The first kappa shape index (κ1) is 30.9. The number of aliphatic hydroxyl groups excluding tert-OH is 1. The van der Waals surface area contributed by atoms with Crippen LogP contribution in [-0.2, 0) is 23.9 Å². The minimum atomic E-state index is -1.33. The molecule has 0 bridgehead atoms. The number of esters is 1. The van der Waals surface area contributed by atoms with Crippen LogP contribution in [0.4, 0.5) is 4.79 Å². The Labute approximate surface area is 213 Å². The average Bonchev–Trinajstić information content (AvgIpc) is 2.78. The van der Waals surface area contributed by atoms with Crippen molar-refractivity contribution in [3.8, 4) is 0 Å². The van der Waals surface area contributed by atoms with E-state index >= 15 is 0 Å². The van der Waals surface area contributed by atoms with Crippen LogP contribution in [-0.4, -0.2) is 71.3 Å². The van der Waals surface area contributed by atoms with Gasteiger partial charge in [0.25, 0.3) is 0 Å². The summed E-state index contributed by atoms with van der Waals surface area (Å²) < 4.78 is 10.1. The summed E-state index contributed by atoms with van der Waals surface area (Å²) in [5.41, 5.74) is 0.650. The second kappa shape index (κ2) is 14.4. The van der Waals surface area contributed by atoms with Crippen LogP contribution in [0.1, 0.15) is 71.6 Å². The van der Waals surface area contributed by atoms with Crippen LogP contribution in [0.3, 0.4) is 0 Å². The smallest absolute Gasteiger partial charge is 0.408 e. The Morgan fingerprint density at radius 1 is 1.14 bits per heavy atom. The summed E-state index contributed by atoms with van der Waals surface area (Å²) in [6, 6.07) is 4.37. The van der Waals surface area contributed by atoms with Crippen LogP contribution in [0, 0.1) is 6.92 Å². The molecule has 1 aromatic rings. The third kappa shape index (κ3) is 9.85. The van der Waals surface area contributed by atoms with E-state index in [1.165, 1.54) is 4.90 Å². The molecule has 10 heteroatoms. The van der Waals surface area contributed by atoms with E-state index in [0.717, 1.165) is 5.56 Å². The van der Waals surface area contributed by atoms with Gasteiger partial charge in [0.1, 0.15) is 17.7 Å². The second-order valence-electron chi connectivity index (χ2n) is 9.55. The summed E-state index contributed by atoms with van der Waals surface area (Å²) in [7, 11) is 0. The summed E-state index contributed by atoms with van der Waals surface area (Å²) >= 11 is 0. The molecular weight excluding hydrogens is 466 g/mol. The van der Waals surface area contributed by atoms with Gasteiger partial charge in [0.2, 0.25) is 11.8 Å². The van der Waals surface area contributed by atoms with Crippen molar-refractivity contribution in [2.45, 2.75) is 85.0 Å². The van der Waals surface area contributed by atoms with E-state index in [2.05, 4.69) is 10.6 Å². The molecule has 0 fully saturated rings. The van der Waals surface area contributed by atoms with E-state index in [-0.39, 0.29) is 19.6 Å². The lowest BCUT2D eigenvalue weighted by molar-refractivity contribution is -0.146. The molecule has 0 saturated carbocycles. The van der Waals surface area contributed by atoms with Crippen molar-refractivity contribution in [1.29, 1.82) is 0 Å². The highest BCUT2D eigenvalue weighted by molar-refractivity contribution is 5.92. The SMILES string of the molecule is CCOC(=O)CCNC(=O)C(c1cccc(C)c1)N(C(=O)C(CO)NC(=O)OC(C)(C)C)C(C)CC. The molecule has 3 amide bonds. The van der Waals surface area contributed by atoms with Crippen molar-refractivity contribution in [2.24, 2.45) is 0 Å². The molecule has 0 heterocycles. The Bertz CT molecular complexity index is 898. The first-order valence-electron chi connectivity index (χ1n) is 12.3. The van der Waals surface area contributed by atoms with Crippen molar-refractivity contribution >= 4 is 23.9 Å². The Hall–Kier alpha value is -3.14. The second-order valence-corrected chi connectivity index (χ2v) is 9.55. The number of nitrogens with one attached hydrogen (secondary N) is 2. The van der Waals surface area contributed by atoms with E-state index in [9.17, 15) is 24.3 Å². The number of rotatable bonds is 12. The van der Waals surface area contributed by atoms with Crippen LogP contribution >= 0.6 is 0 Å². The molecule has 1 rings (SSSR count). The minimum Gasteiger partial charge on any atom is -0.466 e. The monoisotopic (exact) mass is 507 g/mol. The molecular formula is C26H41N3O7. The fourth-order valence-electron chi connectivity index (χ4n) is 3.51. The number of alkyl carbamates (subject to hydrolysis) is 1. The number of hydrogen-bond donors (Lipinski definition) is 3. The standard InChI is InChI=1S/C26H41N3O7/c1-8-18(4)29(24(33)20(16-30)28-25(34)36-26(5,6)7)22(19-12-10-11-17(3)15-19)23(32)27-14-13-21(31)35-9-2/h10-12,15,18,20,22,30H,8-9,13-14,16H2,1-7H3,(H,27,32)(H,28,34). The molecule has 0 radical (unpaired) electrons. The average molecular weight is 508 g/mol. The summed E-state index contributed by atoms with van der Waals surface area (Å²) in [6.45, 7) is 11.9. The minimum absolute atomic E-state index is 0.0170. The Kier molecular flexibility index (Phi) is 12.4. The zero-order valence-corrected chi connectivity index (χ0v) is 22.4. The molecule has 36 heavy (non-hydrogen) atoms. The largest absolute Gasteiger partial charge is 0.466 e. The molecule has 3 N–H and O–H groups in total. The highest BCUT2D eigenvalue weighted by Crippen LogP contribution is 2.27. The first-order valence-corrected chi connectivity index (χ1v) is 12.3. The molecule has 0 aliphatic heterocycles.